The fourth-order valence-electron chi connectivity index (χ4n) is 1.91. The van der Waals surface area contributed by atoms with Gasteiger partial charge in [-0.1, -0.05) is 28.1 Å². The van der Waals surface area contributed by atoms with Crippen molar-refractivity contribution < 1.29 is 9.21 Å². The summed E-state index contributed by atoms with van der Waals surface area (Å²) in [5.74, 6) is 1.44. The van der Waals surface area contributed by atoms with E-state index in [-0.39, 0.29) is 5.91 Å². The Bertz CT molecular complexity index is 732. The van der Waals surface area contributed by atoms with Gasteiger partial charge >= 0.3 is 0 Å². The fourth-order valence-corrected chi connectivity index (χ4v) is 2.81. The van der Waals surface area contributed by atoms with Gasteiger partial charge in [0.05, 0.1) is 6.54 Å². The van der Waals surface area contributed by atoms with E-state index in [9.17, 15) is 4.79 Å². The van der Waals surface area contributed by atoms with E-state index in [1.807, 2.05) is 47.2 Å². The summed E-state index contributed by atoms with van der Waals surface area (Å²) in [7, 11) is 0. The van der Waals surface area contributed by atoms with Gasteiger partial charge in [0, 0.05) is 21.0 Å². The maximum absolute atomic E-state index is 11.8. The van der Waals surface area contributed by atoms with Crippen molar-refractivity contribution in [2.75, 3.05) is 0 Å². The summed E-state index contributed by atoms with van der Waals surface area (Å²) in [6, 6.07) is 13.5. The predicted octanol–water partition coefficient (Wildman–Crippen LogP) is 4.70. The minimum absolute atomic E-state index is 0.0853. The molecular formula is C16H12BrNO2S. The Morgan fingerprint density at radius 2 is 1.95 bits per heavy atom. The molecule has 2 aromatic heterocycles. The van der Waals surface area contributed by atoms with Gasteiger partial charge < -0.3 is 9.73 Å². The maximum atomic E-state index is 11.8. The first kappa shape index (κ1) is 14.1. The van der Waals surface area contributed by atoms with Gasteiger partial charge in [0.25, 0.3) is 5.91 Å². The number of carbonyl (C=O) groups excluding carboxylic acids is 1. The van der Waals surface area contributed by atoms with Gasteiger partial charge in [-0.25, -0.2) is 0 Å². The molecule has 3 aromatic rings. The van der Waals surface area contributed by atoms with Gasteiger partial charge in [0.15, 0.2) is 0 Å². The highest BCUT2D eigenvalue weighted by Crippen LogP contribution is 2.24. The number of benzene rings is 1. The maximum Gasteiger partial charge on any atom is 0.252 e. The molecule has 1 N–H and O–H groups in total. The number of carbonyl (C=O) groups is 1. The summed E-state index contributed by atoms with van der Waals surface area (Å²) in [6.45, 7) is 0.380. The standard InChI is InChI=1S/C16H12BrNO2S/c17-13-3-1-11(2-4-13)15-6-5-14(20-15)9-18-16(19)12-7-8-21-10-12/h1-8,10H,9H2,(H,18,19). The van der Waals surface area contributed by atoms with E-state index in [1.165, 1.54) is 11.3 Å². The second-order valence-corrected chi connectivity index (χ2v) is 6.16. The lowest BCUT2D eigenvalue weighted by molar-refractivity contribution is 0.0948. The lowest BCUT2D eigenvalue weighted by atomic mass is 10.2. The van der Waals surface area contributed by atoms with Gasteiger partial charge in [0.2, 0.25) is 0 Å². The highest BCUT2D eigenvalue weighted by Gasteiger charge is 2.08. The summed E-state index contributed by atoms with van der Waals surface area (Å²) in [5, 5.41) is 6.55. The van der Waals surface area contributed by atoms with E-state index in [1.54, 1.807) is 6.07 Å². The lowest BCUT2D eigenvalue weighted by Gasteiger charge is -2.01. The number of rotatable bonds is 4. The molecule has 2 heterocycles. The van der Waals surface area contributed by atoms with Crippen molar-refractivity contribution in [2.24, 2.45) is 0 Å². The van der Waals surface area contributed by atoms with Crippen LogP contribution in [0.25, 0.3) is 11.3 Å². The van der Waals surface area contributed by atoms with Crippen molar-refractivity contribution in [3.63, 3.8) is 0 Å². The first-order valence-electron chi connectivity index (χ1n) is 6.37. The number of amides is 1. The molecule has 3 nitrogen and oxygen atoms in total. The fraction of sp³-hybridized carbons (Fsp3) is 0.0625. The molecule has 1 aromatic carbocycles. The molecule has 0 radical (unpaired) electrons. The van der Waals surface area contributed by atoms with Gasteiger partial charge in [0.1, 0.15) is 11.5 Å². The summed E-state index contributed by atoms with van der Waals surface area (Å²) >= 11 is 4.91. The van der Waals surface area contributed by atoms with Crippen molar-refractivity contribution in [2.45, 2.75) is 6.54 Å². The van der Waals surface area contributed by atoms with Crippen LogP contribution in [0.4, 0.5) is 0 Å². The summed E-state index contributed by atoms with van der Waals surface area (Å²) < 4.78 is 6.78. The summed E-state index contributed by atoms with van der Waals surface area (Å²) in [6.07, 6.45) is 0. The Labute approximate surface area is 134 Å². The van der Waals surface area contributed by atoms with Crippen molar-refractivity contribution in [3.8, 4) is 11.3 Å². The van der Waals surface area contributed by atoms with E-state index < -0.39 is 0 Å². The molecule has 0 spiro atoms. The third-order valence-electron chi connectivity index (χ3n) is 3.00. The zero-order valence-corrected chi connectivity index (χ0v) is 13.4. The molecule has 0 aliphatic heterocycles. The zero-order chi connectivity index (χ0) is 14.7. The molecule has 0 aliphatic rings. The molecule has 0 aliphatic carbocycles. The molecule has 0 unspecified atom stereocenters. The SMILES string of the molecule is O=C(NCc1ccc(-c2ccc(Br)cc2)o1)c1ccsc1. The smallest absolute Gasteiger partial charge is 0.252 e. The number of nitrogens with one attached hydrogen (secondary N) is 1. The third kappa shape index (κ3) is 3.43. The Morgan fingerprint density at radius 3 is 2.67 bits per heavy atom. The number of halogens is 1. The number of hydrogen-bond donors (Lipinski definition) is 1. The van der Waals surface area contributed by atoms with Crippen LogP contribution in [-0.2, 0) is 6.54 Å². The van der Waals surface area contributed by atoms with Gasteiger partial charge in [-0.3, -0.25) is 4.79 Å². The number of hydrogen-bond acceptors (Lipinski definition) is 3. The lowest BCUT2D eigenvalue weighted by Crippen LogP contribution is -2.21. The third-order valence-corrected chi connectivity index (χ3v) is 4.21. The second-order valence-electron chi connectivity index (χ2n) is 4.47. The Morgan fingerprint density at radius 1 is 1.14 bits per heavy atom. The first-order chi connectivity index (χ1) is 10.2. The van der Waals surface area contributed by atoms with Crippen LogP contribution in [0, 0.1) is 0 Å². The van der Waals surface area contributed by atoms with E-state index in [0.29, 0.717) is 12.1 Å². The van der Waals surface area contributed by atoms with E-state index in [2.05, 4.69) is 21.2 Å². The molecular weight excluding hydrogens is 350 g/mol. The molecule has 5 heteroatoms. The highest BCUT2D eigenvalue weighted by molar-refractivity contribution is 9.10. The first-order valence-corrected chi connectivity index (χ1v) is 8.11. The minimum atomic E-state index is -0.0853. The van der Waals surface area contributed by atoms with Crippen LogP contribution in [0.1, 0.15) is 16.1 Å². The van der Waals surface area contributed by atoms with Crippen LogP contribution in [0.2, 0.25) is 0 Å². The summed E-state index contributed by atoms with van der Waals surface area (Å²) in [5.41, 5.74) is 1.69. The quantitative estimate of drug-likeness (QED) is 0.731. The van der Waals surface area contributed by atoms with Gasteiger partial charge in [-0.2, -0.15) is 11.3 Å². The van der Waals surface area contributed by atoms with Crippen LogP contribution >= 0.6 is 27.3 Å². The van der Waals surface area contributed by atoms with E-state index >= 15 is 0 Å². The molecule has 3 rings (SSSR count). The zero-order valence-electron chi connectivity index (χ0n) is 11.0. The molecule has 0 atom stereocenters. The molecule has 0 saturated carbocycles. The van der Waals surface area contributed by atoms with Gasteiger partial charge in [-0.15, -0.1) is 0 Å². The Kier molecular flexibility index (Phi) is 4.22. The average Bonchev–Trinajstić information content (AvgIpc) is 3.17. The van der Waals surface area contributed by atoms with E-state index in [4.69, 9.17) is 4.42 Å². The number of furan rings is 1. The molecule has 1 amide bonds. The van der Waals surface area contributed by atoms with Crippen LogP contribution in [0.5, 0.6) is 0 Å². The van der Waals surface area contributed by atoms with Crippen LogP contribution in [0.3, 0.4) is 0 Å². The molecule has 0 bridgehead atoms. The predicted molar refractivity (Wildman–Crippen MR) is 87.3 cm³/mol. The minimum Gasteiger partial charge on any atom is -0.459 e. The van der Waals surface area contributed by atoms with Crippen molar-refractivity contribution in [1.82, 2.24) is 5.32 Å². The van der Waals surface area contributed by atoms with Crippen LogP contribution in [0.15, 0.2) is 62.1 Å². The van der Waals surface area contributed by atoms with Crippen molar-refractivity contribution in [3.05, 3.63) is 69.0 Å². The monoisotopic (exact) mass is 361 g/mol. The largest absolute Gasteiger partial charge is 0.459 e. The van der Waals surface area contributed by atoms with Crippen molar-refractivity contribution >= 4 is 33.2 Å². The molecule has 21 heavy (non-hydrogen) atoms. The van der Waals surface area contributed by atoms with Gasteiger partial charge in [-0.05, 0) is 35.7 Å². The van der Waals surface area contributed by atoms with Crippen LogP contribution in [-0.4, -0.2) is 5.91 Å². The Hall–Kier alpha value is -1.85. The number of thiophene rings is 1. The topological polar surface area (TPSA) is 42.2 Å². The molecule has 0 saturated heterocycles. The average molecular weight is 362 g/mol. The highest BCUT2D eigenvalue weighted by atomic mass is 79.9. The van der Waals surface area contributed by atoms with E-state index in [0.717, 1.165) is 21.6 Å². The van der Waals surface area contributed by atoms with Crippen LogP contribution < -0.4 is 5.32 Å². The molecule has 0 fully saturated rings. The normalized spacial score (nSPS) is 10.5. The summed E-state index contributed by atoms with van der Waals surface area (Å²) in [4.78, 5) is 11.8. The second kappa shape index (κ2) is 6.28. The molecule has 106 valence electrons. The Balaban J connectivity index is 1.65. The van der Waals surface area contributed by atoms with Crippen molar-refractivity contribution in [1.29, 1.82) is 0 Å².